The Morgan fingerprint density at radius 2 is 0.933 bits per heavy atom. The molecule has 2 N–H and O–H groups in total. The van der Waals surface area contributed by atoms with Gasteiger partial charge in [0.25, 0.3) is 0 Å². The number of carbonyl (C=O) groups excluding carboxylic acids is 2. The number of alkyl halides is 9. The molecule has 0 aliphatic carbocycles. The van der Waals surface area contributed by atoms with Crippen molar-refractivity contribution in [1.82, 2.24) is 14.7 Å². The standard InChI is InChI=1S/C24H22F3NO2S.C19H18F3NO6S.C19H18F3NO5S/c25-24(26,27)30-21-13-7-12-20(16-21)23-28(14-15-31(23)29)17-22(18-8-3-1-4-9-18)19-10-5-2-6-11-19;1-28-17-13(5-2-6-14(17)10-24)9-23-16(25)11-30(26,27)18(23)12-4-3-7-15(8-12)29-19(20,21)22;1-27-17-13(5-2-6-14(17)10-24)9-23-16(25)11-29(26)18(23)12-4-3-7-15(8-12)28-19(20,21)22/h1-13,16,22-23H,14-15,17H2;2-8,18,24H,9-11H2,1H3;2-8,18,24H,9-11H2,1H3. The lowest BCUT2D eigenvalue weighted by molar-refractivity contribution is -0.275. The molecule has 0 saturated carbocycles. The number of methoxy groups -OCH3 is 2. The van der Waals surface area contributed by atoms with Crippen LogP contribution in [0.3, 0.4) is 0 Å². The van der Waals surface area contributed by atoms with E-state index in [-0.39, 0.29) is 54.9 Å². The van der Waals surface area contributed by atoms with E-state index in [4.69, 9.17) is 9.47 Å². The van der Waals surface area contributed by atoms with E-state index >= 15 is 0 Å². The third kappa shape index (κ3) is 17.5. The topological polar surface area (TPSA) is 199 Å². The summed E-state index contributed by atoms with van der Waals surface area (Å²) in [6, 6.07) is 45.5. The van der Waals surface area contributed by atoms with E-state index < -0.39 is 95.7 Å². The van der Waals surface area contributed by atoms with Gasteiger partial charge in [0.15, 0.2) is 15.2 Å². The maximum Gasteiger partial charge on any atom is 0.573 e. The van der Waals surface area contributed by atoms with Crippen LogP contribution in [0.5, 0.6) is 28.7 Å². The number of benzene rings is 7. The Morgan fingerprint density at radius 1 is 0.522 bits per heavy atom. The zero-order chi connectivity index (χ0) is 65.1. The summed E-state index contributed by atoms with van der Waals surface area (Å²) in [5.41, 5.74) is 5.09. The number of amides is 2. The van der Waals surface area contributed by atoms with E-state index in [0.29, 0.717) is 58.2 Å². The van der Waals surface area contributed by atoms with Crippen LogP contribution in [0.15, 0.2) is 170 Å². The number of halogens is 9. The third-order valence-electron chi connectivity index (χ3n) is 14.3. The molecule has 5 atom stereocenters. The van der Waals surface area contributed by atoms with Crippen molar-refractivity contribution in [2.75, 3.05) is 44.6 Å². The minimum atomic E-state index is -4.94. The average molecular weight is 1320 g/mol. The van der Waals surface area contributed by atoms with Crippen LogP contribution in [0, 0.1) is 0 Å². The van der Waals surface area contributed by atoms with Crippen LogP contribution < -0.4 is 23.7 Å². The smallest absolute Gasteiger partial charge is 0.496 e. The highest BCUT2D eigenvalue weighted by Gasteiger charge is 2.46. The van der Waals surface area contributed by atoms with E-state index in [1.165, 1.54) is 61.6 Å². The Labute approximate surface area is 516 Å². The van der Waals surface area contributed by atoms with E-state index in [2.05, 4.69) is 43.4 Å². The second-order valence-corrected chi connectivity index (χ2v) is 25.5. The first kappa shape index (κ1) is 67.9. The van der Waals surface area contributed by atoms with Crippen LogP contribution in [0.1, 0.15) is 72.1 Å². The van der Waals surface area contributed by atoms with Crippen molar-refractivity contribution in [2.45, 2.75) is 67.4 Å². The van der Waals surface area contributed by atoms with Crippen LogP contribution in [0.2, 0.25) is 0 Å². The molecule has 2 amide bonds. The van der Waals surface area contributed by atoms with Crippen LogP contribution in [0.4, 0.5) is 39.5 Å². The first-order chi connectivity index (χ1) is 42.7. The predicted molar refractivity (Wildman–Crippen MR) is 313 cm³/mol. The summed E-state index contributed by atoms with van der Waals surface area (Å²) in [4.78, 5) is 29.5. The molecule has 480 valence electrons. The number of nitrogens with zero attached hydrogens (tertiary/aromatic N) is 3. The molecule has 3 aliphatic heterocycles. The summed E-state index contributed by atoms with van der Waals surface area (Å²) < 4.78 is 186. The number of para-hydroxylation sites is 2. The summed E-state index contributed by atoms with van der Waals surface area (Å²) in [5, 5.41) is 16.0. The van der Waals surface area contributed by atoms with Gasteiger partial charge < -0.3 is 43.7 Å². The average Bonchev–Trinajstić information content (AvgIpc) is 1.63. The second-order valence-electron chi connectivity index (χ2n) is 20.3. The summed E-state index contributed by atoms with van der Waals surface area (Å²) in [5.74, 6) is -2.22. The van der Waals surface area contributed by atoms with Crippen LogP contribution >= 0.6 is 0 Å². The van der Waals surface area contributed by atoms with E-state index in [1.807, 2.05) is 36.4 Å². The molecule has 3 heterocycles. The monoisotopic (exact) mass is 1320 g/mol. The molecule has 28 heteroatoms. The van der Waals surface area contributed by atoms with Crippen LogP contribution in [-0.2, 0) is 67.3 Å². The molecular formula is C62H58F9N3O13S3. The molecule has 3 aliphatic rings. The van der Waals surface area contributed by atoms with Crippen LogP contribution in [0.25, 0.3) is 0 Å². The Morgan fingerprint density at radius 3 is 1.38 bits per heavy atom. The molecule has 3 saturated heterocycles. The van der Waals surface area contributed by atoms with Gasteiger partial charge in [-0.05, 0) is 64.2 Å². The molecule has 0 aromatic heterocycles. The molecule has 0 spiro atoms. The van der Waals surface area contributed by atoms with Gasteiger partial charge in [0, 0.05) is 57.8 Å². The summed E-state index contributed by atoms with van der Waals surface area (Å²) in [7, 11) is -4.06. The van der Waals surface area contributed by atoms with E-state index in [1.54, 1.807) is 42.5 Å². The maximum absolute atomic E-state index is 12.8. The van der Waals surface area contributed by atoms with Gasteiger partial charge in [-0.15, -0.1) is 39.5 Å². The number of aliphatic hydroxyl groups excluding tert-OH is 2. The van der Waals surface area contributed by atoms with Crippen molar-refractivity contribution < 1.29 is 99.8 Å². The third-order valence-corrected chi connectivity index (χ3v) is 19.4. The lowest BCUT2D eigenvalue weighted by Crippen LogP contribution is -2.30. The van der Waals surface area contributed by atoms with Crippen molar-refractivity contribution >= 4 is 43.3 Å². The molecule has 16 nitrogen and oxygen atoms in total. The van der Waals surface area contributed by atoms with E-state index in [9.17, 15) is 76.2 Å². The number of ether oxygens (including phenoxy) is 5. The van der Waals surface area contributed by atoms with Gasteiger partial charge in [-0.2, -0.15) is 0 Å². The molecule has 10 rings (SSSR count). The van der Waals surface area contributed by atoms with Crippen LogP contribution in [-0.4, -0.2) is 117 Å². The maximum atomic E-state index is 12.8. The summed E-state index contributed by atoms with van der Waals surface area (Å²) in [6.45, 7) is 0.466. The Bertz CT molecular complexity index is 3750. The highest BCUT2D eigenvalue weighted by molar-refractivity contribution is 7.92. The number of rotatable bonds is 18. The van der Waals surface area contributed by atoms with Gasteiger partial charge in [-0.3, -0.25) is 22.9 Å². The molecule has 90 heavy (non-hydrogen) atoms. The quantitative estimate of drug-likeness (QED) is 0.0769. The Kier molecular flexibility index (Phi) is 22.1. The highest BCUT2D eigenvalue weighted by atomic mass is 32.2. The molecule has 5 unspecified atom stereocenters. The van der Waals surface area contributed by atoms with E-state index in [0.717, 1.165) is 40.3 Å². The van der Waals surface area contributed by atoms with Crippen molar-refractivity contribution in [3.05, 3.63) is 220 Å². The fraction of sp³-hybridized carbons (Fsp3) is 0.290. The van der Waals surface area contributed by atoms with Gasteiger partial charge >= 0.3 is 19.1 Å². The molecule has 7 aromatic rings. The van der Waals surface area contributed by atoms with Crippen molar-refractivity contribution in [3.8, 4) is 28.7 Å². The zero-order valence-electron chi connectivity index (χ0n) is 47.7. The minimum absolute atomic E-state index is 0.0244. The largest absolute Gasteiger partial charge is 0.573 e. The second kappa shape index (κ2) is 29.3. The lowest BCUT2D eigenvalue weighted by Gasteiger charge is -2.29. The predicted octanol–water partition coefficient (Wildman–Crippen LogP) is 10.9. The van der Waals surface area contributed by atoms with Crippen molar-refractivity contribution in [3.63, 3.8) is 0 Å². The van der Waals surface area contributed by atoms with Gasteiger partial charge in [0.05, 0.1) is 51.3 Å². The van der Waals surface area contributed by atoms with Gasteiger partial charge in [0.1, 0.15) is 51.0 Å². The van der Waals surface area contributed by atoms with Gasteiger partial charge in [0.2, 0.25) is 11.8 Å². The first-order valence-electron chi connectivity index (χ1n) is 27.2. The summed E-state index contributed by atoms with van der Waals surface area (Å²) in [6.07, 6.45) is -14.6. The molecular weight excluding hydrogens is 1260 g/mol. The molecule has 3 fully saturated rings. The van der Waals surface area contributed by atoms with Gasteiger partial charge in [-0.25, -0.2) is 8.42 Å². The highest BCUT2D eigenvalue weighted by Crippen LogP contribution is 2.41. The van der Waals surface area contributed by atoms with Crippen molar-refractivity contribution in [1.29, 1.82) is 0 Å². The van der Waals surface area contributed by atoms with Gasteiger partial charge in [-0.1, -0.05) is 133 Å². The lowest BCUT2D eigenvalue weighted by atomic mass is 9.90. The zero-order valence-corrected chi connectivity index (χ0v) is 50.1. The Hall–Kier alpha value is -8.02. The molecule has 0 radical (unpaired) electrons. The summed E-state index contributed by atoms with van der Waals surface area (Å²) >= 11 is 0. The SMILES string of the molecule is COc1c(CO)cccc1CN1C(=O)CS(=O)(=O)C1c1cccc(OC(F)(F)F)c1.COc1c(CO)cccc1CN1C(=O)CS(=O)C1c1cccc(OC(F)(F)F)c1.O=S1CCN(CC(c2ccccc2)c2ccccc2)C1c1cccc(OC(F)(F)F)c1. The van der Waals surface area contributed by atoms with Crippen molar-refractivity contribution in [2.24, 2.45) is 0 Å². The number of aliphatic hydroxyl groups is 2. The number of hydrogen-bond donors (Lipinski definition) is 2. The Balaban J connectivity index is 0.000000174. The number of carbonyl (C=O) groups is 2. The fourth-order valence-corrected chi connectivity index (χ4v) is 15.6. The number of sulfone groups is 1. The first-order valence-corrected chi connectivity index (χ1v) is 31.6. The minimum Gasteiger partial charge on any atom is -0.496 e. The number of hydrogen-bond acceptors (Lipinski definition) is 14. The normalized spacial score (nSPS) is 19.2. The fourth-order valence-electron chi connectivity index (χ4n) is 10.7. The molecule has 0 bridgehead atoms. The molecule has 7 aromatic carbocycles.